The normalized spacial score (nSPS) is 20.9. The quantitative estimate of drug-likeness (QED) is 0.683. The van der Waals surface area contributed by atoms with Gasteiger partial charge in [-0.25, -0.2) is 13.1 Å². The molecule has 0 radical (unpaired) electrons. The third kappa shape index (κ3) is 5.01. The highest BCUT2D eigenvalue weighted by molar-refractivity contribution is 7.89. The second kappa shape index (κ2) is 9.91. The fourth-order valence-corrected chi connectivity index (χ4v) is 5.91. The molecule has 2 aromatic rings. The lowest BCUT2D eigenvalue weighted by Crippen LogP contribution is -2.41. The predicted molar refractivity (Wildman–Crippen MR) is 124 cm³/mol. The number of anilines is 1. The van der Waals surface area contributed by atoms with Gasteiger partial charge in [0.1, 0.15) is 5.02 Å². The Labute approximate surface area is 193 Å². The Morgan fingerprint density at radius 2 is 1.91 bits per heavy atom. The Morgan fingerprint density at radius 1 is 1.19 bits per heavy atom. The lowest BCUT2D eigenvalue weighted by Gasteiger charge is -2.31. The van der Waals surface area contributed by atoms with E-state index < -0.39 is 10.0 Å². The van der Waals surface area contributed by atoms with Gasteiger partial charge in [0.05, 0.1) is 29.4 Å². The Hall–Kier alpha value is -1.94. The molecule has 4 rings (SSSR count). The van der Waals surface area contributed by atoms with Crippen LogP contribution in [0.3, 0.4) is 0 Å². The van der Waals surface area contributed by atoms with Crippen molar-refractivity contribution in [2.75, 3.05) is 38.2 Å². The summed E-state index contributed by atoms with van der Waals surface area (Å²) in [6.07, 6.45) is 4.71. The highest BCUT2D eigenvalue weighted by atomic mass is 35.5. The van der Waals surface area contributed by atoms with E-state index in [1.165, 1.54) is 8.99 Å². The Kier molecular flexibility index (Phi) is 7.19. The Morgan fingerprint density at radius 3 is 2.56 bits per heavy atom. The van der Waals surface area contributed by atoms with Gasteiger partial charge in [-0.15, -0.1) is 0 Å². The number of halogens is 1. The lowest BCUT2D eigenvalue weighted by atomic mass is 10.0. The van der Waals surface area contributed by atoms with Gasteiger partial charge in [-0.1, -0.05) is 29.3 Å². The summed E-state index contributed by atoms with van der Waals surface area (Å²) in [5.41, 5.74) is 1.18. The first-order valence-corrected chi connectivity index (χ1v) is 12.8. The van der Waals surface area contributed by atoms with Crippen molar-refractivity contribution >= 4 is 27.3 Å². The minimum atomic E-state index is -3.55. The number of sulfonamides is 1. The molecular weight excluding hydrogens is 452 g/mol. The van der Waals surface area contributed by atoms with Crippen LogP contribution in [0.4, 0.5) is 5.69 Å². The second-order valence-corrected chi connectivity index (χ2v) is 10.9. The van der Waals surface area contributed by atoms with Gasteiger partial charge in [0.2, 0.25) is 10.0 Å². The van der Waals surface area contributed by atoms with Crippen LogP contribution in [0.15, 0.2) is 40.2 Å². The fourth-order valence-electron chi connectivity index (χ4n) is 4.24. The molecule has 8 nitrogen and oxygen atoms in total. The molecule has 1 aromatic carbocycles. The first-order valence-electron chi connectivity index (χ1n) is 11.0. The van der Waals surface area contributed by atoms with Crippen molar-refractivity contribution in [2.24, 2.45) is 5.92 Å². The fraction of sp³-hybridized carbons (Fsp3) is 0.545. The number of benzene rings is 1. The van der Waals surface area contributed by atoms with E-state index in [1.807, 2.05) is 6.92 Å². The van der Waals surface area contributed by atoms with Gasteiger partial charge in [-0.3, -0.25) is 4.79 Å². The topological polar surface area (TPSA) is 93.5 Å². The number of rotatable bonds is 6. The smallest absolute Gasteiger partial charge is 0.287 e. The summed E-state index contributed by atoms with van der Waals surface area (Å²) in [6.45, 7) is 4.77. The predicted octanol–water partition coefficient (Wildman–Crippen LogP) is 3.07. The van der Waals surface area contributed by atoms with Crippen LogP contribution < -0.4 is 10.9 Å². The molecule has 32 heavy (non-hydrogen) atoms. The molecule has 0 aliphatic carbocycles. The van der Waals surface area contributed by atoms with Crippen molar-refractivity contribution in [1.82, 2.24) is 14.1 Å². The maximum absolute atomic E-state index is 12.9. The van der Waals surface area contributed by atoms with Crippen molar-refractivity contribution in [3.05, 3.63) is 51.4 Å². The molecule has 2 fully saturated rings. The summed E-state index contributed by atoms with van der Waals surface area (Å²) >= 11 is 6.36. The van der Waals surface area contributed by atoms with E-state index >= 15 is 0 Å². The molecule has 10 heteroatoms. The third-order valence-corrected chi connectivity index (χ3v) is 8.49. The van der Waals surface area contributed by atoms with Crippen LogP contribution in [0, 0.1) is 12.8 Å². The van der Waals surface area contributed by atoms with Crippen molar-refractivity contribution in [2.45, 2.75) is 43.5 Å². The summed E-state index contributed by atoms with van der Waals surface area (Å²) in [5, 5.41) is 7.68. The Bertz CT molecular complexity index is 1090. The van der Waals surface area contributed by atoms with E-state index in [0.29, 0.717) is 55.6 Å². The summed E-state index contributed by atoms with van der Waals surface area (Å²) in [7, 11) is -3.55. The number of piperidine rings is 1. The second-order valence-electron chi connectivity index (χ2n) is 8.53. The SMILES string of the molecule is Cc1ccc(S(=O)(=O)N2CCC(n3ncc(NC[C@H]4CCCOC4)c(Cl)c3=O)CC2)cc1. The molecule has 0 unspecified atom stereocenters. The number of nitrogens with one attached hydrogen (secondary N) is 1. The van der Waals surface area contributed by atoms with Crippen LogP contribution in [-0.2, 0) is 14.8 Å². The van der Waals surface area contributed by atoms with Gasteiger partial charge >= 0.3 is 0 Å². The summed E-state index contributed by atoms with van der Waals surface area (Å²) in [6, 6.07) is 6.66. The third-order valence-electron chi connectivity index (χ3n) is 6.21. The minimum Gasteiger partial charge on any atom is -0.382 e. The van der Waals surface area contributed by atoms with Gasteiger partial charge in [0.15, 0.2) is 0 Å². The maximum Gasteiger partial charge on any atom is 0.287 e. The molecule has 3 heterocycles. The number of hydrogen-bond donors (Lipinski definition) is 1. The summed E-state index contributed by atoms with van der Waals surface area (Å²) < 4.78 is 34.2. The van der Waals surface area contributed by atoms with Crippen LogP contribution in [0.1, 0.15) is 37.3 Å². The minimum absolute atomic E-state index is 0.117. The molecule has 0 amide bonds. The lowest BCUT2D eigenvalue weighted by molar-refractivity contribution is 0.0595. The largest absolute Gasteiger partial charge is 0.382 e. The maximum atomic E-state index is 12.9. The molecule has 2 aliphatic heterocycles. The van der Waals surface area contributed by atoms with Gasteiger partial charge in [0.25, 0.3) is 5.56 Å². The van der Waals surface area contributed by atoms with Gasteiger partial charge in [0, 0.05) is 26.2 Å². The van der Waals surface area contributed by atoms with Crippen molar-refractivity contribution < 1.29 is 13.2 Å². The monoisotopic (exact) mass is 480 g/mol. The molecule has 0 bridgehead atoms. The van der Waals surface area contributed by atoms with Crippen LogP contribution >= 0.6 is 11.6 Å². The van der Waals surface area contributed by atoms with Crippen LogP contribution in [0.5, 0.6) is 0 Å². The van der Waals surface area contributed by atoms with Crippen LogP contribution in [0.25, 0.3) is 0 Å². The van der Waals surface area contributed by atoms with E-state index in [9.17, 15) is 13.2 Å². The highest BCUT2D eigenvalue weighted by Crippen LogP contribution is 2.27. The van der Waals surface area contributed by atoms with Crippen LogP contribution in [0.2, 0.25) is 5.02 Å². The van der Waals surface area contributed by atoms with Gasteiger partial charge < -0.3 is 10.1 Å². The molecular formula is C22H29ClN4O4S. The first kappa shape index (κ1) is 23.2. The zero-order chi connectivity index (χ0) is 22.7. The standard InChI is InChI=1S/C22H29ClN4O4S/c1-16-4-6-19(7-5-16)32(29,30)26-10-8-18(9-11-26)27-22(28)21(23)20(14-25-27)24-13-17-3-2-12-31-15-17/h4-7,14,17-18,24H,2-3,8-13,15H2,1H3/t17-/m1/s1. The van der Waals surface area contributed by atoms with E-state index in [4.69, 9.17) is 16.3 Å². The first-order chi connectivity index (χ1) is 15.4. The zero-order valence-corrected chi connectivity index (χ0v) is 19.7. The highest BCUT2D eigenvalue weighted by Gasteiger charge is 2.31. The van der Waals surface area contributed by atoms with Crippen molar-refractivity contribution in [3.63, 3.8) is 0 Å². The molecule has 1 aromatic heterocycles. The molecule has 174 valence electrons. The van der Waals surface area contributed by atoms with Crippen LogP contribution in [-0.4, -0.2) is 55.4 Å². The molecule has 2 saturated heterocycles. The molecule has 1 atom stereocenters. The number of ether oxygens (including phenoxy) is 1. The van der Waals surface area contributed by atoms with Gasteiger partial charge in [-0.2, -0.15) is 9.40 Å². The molecule has 0 spiro atoms. The molecule has 0 saturated carbocycles. The van der Waals surface area contributed by atoms with Crippen molar-refractivity contribution in [1.29, 1.82) is 0 Å². The number of aryl methyl sites for hydroxylation is 1. The van der Waals surface area contributed by atoms with E-state index in [-0.39, 0.29) is 16.6 Å². The average molecular weight is 481 g/mol. The van der Waals surface area contributed by atoms with E-state index in [0.717, 1.165) is 25.0 Å². The summed E-state index contributed by atoms with van der Waals surface area (Å²) in [4.78, 5) is 13.1. The number of hydrogen-bond acceptors (Lipinski definition) is 6. The molecule has 2 aliphatic rings. The average Bonchev–Trinajstić information content (AvgIpc) is 2.81. The zero-order valence-electron chi connectivity index (χ0n) is 18.2. The van der Waals surface area contributed by atoms with E-state index in [1.54, 1.807) is 30.5 Å². The van der Waals surface area contributed by atoms with E-state index in [2.05, 4.69) is 10.4 Å². The summed E-state index contributed by atoms with van der Waals surface area (Å²) in [5.74, 6) is 0.391. The number of aromatic nitrogens is 2. The number of nitrogens with zero attached hydrogens (tertiary/aromatic N) is 3. The Balaban J connectivity index is 1.40. The van der Waals surface area contributed by atoms with Crippen molar-refractivity contribution in [3.8, 4) is 0 Å². The molecule has 1 N–H and O–H groups in total. The van der Waals surface area contributed by atoms with Gasteiger partial charge in [-0.05, 0) is 50.7 Å².